The number of aromatic nitrogens is 2. The Morgan fingerprint density at radius 3 is 2.71 bits per heavy atom. The fourth-order valence-electron chi connectivity index (χ4n) is 2.42. The van der Waals surface area contributed by atoms with Gasteiger partial charge in [-0.15, -0.1) is 0 Å². The van der Waals surface area contributed by atoms with Crippen molar-refractivity contribution in [3.8, 4) is 5.75 Å². The molecule has 1 aromatic heterocycles. The van der Waals surface area contributed by atoms with E-state index in [0.29, 0.717) is 5.02 Å². The number of ether oxygens (including phenoxy) is 1. The minimum atomic E-state index is 0.0173. The second-order valence-electron chi connectivity index (χ2n) is 5.28. The molecule has 5 heteroatoms. The highest BCUT2D eigenvalue weighted by Crippen LogP contribution is 2.20. The highest BCUT2D eigenvalue weighted by Gasteiger charge is 2.19. The van der Waals surface area contributed by atoms with Crippen molar-refractivity contribution in [3.05, 3.63) is 46.7 Å². The largest absolute Gasteiger partial charge is 0.489 e. The van der Waals surface area contributed by atoms with Crippen LogP contribution in [0.4, 0.5) is 0 Å². The Balaban J connectivity index is 2.04. The average molecular weight is 308 g/mol. The monoisotopic (exact) mass is 307 g/mol. The lowest BCUT2D eigenvalue weighted by Gasteiger charge is -2.24. The van der Waals surface area contributed by atoms with Crippen molar-refractivity contribution < 1.29 is 4.74 Å². The van der Waals surface area contributed by atoms with E-state index in [0.717, 1.165) is 17.9 Å². The van der Waals surface area contributed by atoms with Crippen molar-refractivity contribution in [2.45, 2.75) is 32.4 Å². The molecular weight excluding hydrogens is 286 g/mol. The van der Waals surface area contributed by atoms with Crippen molar-refractivity contribution in [2.75, 3.05) is 7.05 Å². The summed E-state index contributed by atoms with van der Waals surface area (Å²) in [5, 5.41) is 8.39. The number of nitrogens with zero attached hydrogens (tertiary/aromatic N) is 2. The summed E-state index contributed by atoms with van der Waals surface area (Å²) >= 11 is 5.99. The molecule has 2 rings (SSSR count). The predicted molar refractivity (Wildman–Crippen MR) is 86.0 cm³/mol. The summed E-state index contributed by atoms with van der Waals surface area (Å²) in [7, 11) is 3.92. The van der Waals surface area contributed by atoms with E-state index in [-0.39, 0.29) is 12.1 Å². The number of aryl methyl sites for hydroxylation is 2. The first-order valence-electron chi connectivity index (χ1n) is 7.08. The van der Waals surface area contributed by atoms with Gasteiger partial charge in [0.05, 0.1) is 5.69 Å². The SMILES string of the molecule is CNC(Cc1cc(C)nn1C)C(C)Oc1cccc(Cl)c1. The van der Waals surface area contributed by atoms with Crippen molar-refractivity contribution in [3.63, 3.8) is 0 Å². The number of halogens is 1. The van der Waals surface area contributed by atoms with Crippen LogP contribution in [0, 0.1) is 6.92 Å². The molecule has 0 amide bonds. The van der Waals surface area contributed by atoms with Crippen LogP contribution in [-0.4, -0.2) is 29.0 Å². The highest BCUT2D eigenvalue weighted by atomic mass is 35.5. The summed E-state index contributed by atoms with van der Waals surface area (Å²) < 4.78 is 7.91. The quantitative estimate of drug-likeness (QED) is 0.892. The summed E-state index contributed by atoms with van der Waals surface area (Å²) in [5.41, 5.74) is 2.22. The second kappa shape index (κ2) is 6.96. The van der Waals surface area contributed by atoms with Crippen LogP contribution in [0.3, 0.4) is 0 Å². The number of likely N-dealkylation sites (N-methyl/N-ethyl adjacent to an activating group) is 1. The van der Waals surface area contributed by atoms with Gasteiger partial charge in [0.1, 0.15) is 11.9 Å². The lowest BCUT2D eigenvalue weighted by atomic mass is 10.1. The fraction of sp³-hybridized carbons (Fsp3) is 0.438. The van der Waals surface area contributed by atoms with Gasteiger partial charge >= 0.3 is 0 Å². The van der Waals surface area contributed by atoms with Gasteiger partial charge in [-0.2, -0.15) is 5.10 Å². The molecule has 2 unspecified atom stereocenters. The summed E-state index contributed by atoms with van der Waals surface area (Å²) in [4.78, 5) is 0. The molecule has 1 heterocycles. The zero-order valence-corrected chi connectivity index (χ0v) is 13.7. The number of rotatable bonds is 6. The lowest BCUT2D eigenvalue weighted by molar-refractivity contribution is 0.173. The van der Waals surface area contributed by atoms with Crippen LogP contribution in [0.5, 0.6) is 5.75 Å². The van der Waals surface area contributed by atoms with Gasteiger partial charge in [-0.05, 0) is 45.2 Å². The minimum absolute atomic E-state index is 0.0173. The Kier molecular flexibility index (Phi) is 5.26. The number of nitrogens with one attached hydrogen (secondary N) is 1. The average Bonchev–Trinajstić information content (AvgIpc) is 2.74. The zero-order chi connectivity index (χ0) is 15.4. The molecule has 0 saturated heterocycles. The first kappa shape index (κ1) is 15.9. The molecule has 4 nitrogen and oxygen atoms in total. The molecule has 21 heavy (non-hydrogen) atoms. The van der Waals surface area contributed by atoms with Crippen molar-refractivity contribution in [1.29, 1.82) is 0 Å². The second-order valence-corrected chi connectivity index (χ2v) is 5.72. The van der Waals surface area contributed by atoms with E-state index in [1.54, 1.807) is 0 Å². The Bertz CT molecular complexity index is 597. The standard InChI is InChI=1S/C16H22ClN3O/c1-11-8-14(20(4)19-11)10-16(18-3)12(2)21-15-7-5-6-13(17)9-15/h5-9,12,16,18H,10H2,1-4H3. The lowest BCUT2D eigenvalue weighted by Crippen LogP contribution is -2.41. The molecule has 0 aliphatic carbocycles. The molecular formula is C16H22ClN3O. The van der Waals surface area contributed by atoms with E-state index in [9.17, 15) is 0 Å². The third-order valence-corrected chi connectivity index (χ3v) is 3.82. The van der Waals surface area contributed by atoms with E-state index in [2.05, 4.69) is 23.4 Å². The van der Waals surface area contributed by atoms with Gasteiger partial charge in [-0.25, -0.2) is 0 Å². The number of hydrogen-bond acceptors (Lipinski definition) is 3. The van der Waals surface area contributed by atoms with Crippen molar-refractivity contribution in [1.82, 2.24) is 15.1 Å². The van der Waals surface area contributed by atoms with E-state index >= 15 is 0 Å². The molecule has 1 aromatic carbocycles. The molecule has 0 aliphatic rings. The van der Waals surface area contributed by atoms with Gasteiger partial charge in [0.2, 0.25) is 0 Å². The molecule has 0 aliphatic heterocycles. The Hall–Kier alpha value is -1.52. The third-order valence-electron chi connectivity index (χ3n) is 3.58. The van der Waals surface area contributed by atoms with Crippen molar-refractivity contribution in [2.24, 2.45) is 7.05 Å². The topological polar surface area (TPSA) is 39.1 Å². The fourth-order valence-corrected chi connectivity index (χ4v) is 2.60. The van der Waals surface area contributed by atoms with Gasteiger partial charge in [-0.1, -0.05) is 17.7 Å². The molecule has 0 saturated carbocycles. The molecule has 0 spiro atoms. The zero-order valence-electron chi connectivity index (χ0n) is 12.9. The van der Waals surface area contributed by atoms with Gasteiger partial charge in [-0.3, -0.25) is 4.68 Å². The molecule has 1 N–H and O–H groups in total. The summed E-state index contributed by atoms with van der Waals surface area (Å²) in [6.07, 6.45) is 0.874. The van der Waals surface area contributed by atoms with Gasteiger partial charge in [0.15, 0.2) is 0 Å². The normalized spacial score (nSPS) is 14.0. The molecule has 0 fully saturated rings. The van der Waals surface area contributed by atoms with Crippen LogP contribution in [0.1, 0.15) is 18.3 Å². The maximum atomic E-state index is 5.99. The Labute approximate surface area is 131 Å². The van der Waals surface area contributed by atoms with Crippen LogP contribution in [0.25, 0.3) is 0 Å². The molecule has 0 bridgehead atoms. The van der Waals surface area contributed by atoms with Gasteiger partial charge < -0.3 is 10.1 Å². The minimum Gasteiger partial charge on any atom is -0.489 e. The van der Waals surface area contributed by atoms with E-state index in [1.165, 1.54) is 5.69 Å². The third kappa shape index (κ3) is 4.22. The first-order valence-corrected chi connectivity index (χ1v) is 7.46. The molecule has 2 atom stereocenters. The van der Waals surface area contributed by atoms with Crippen LogP contribution in [0.2, 0.25) is 5.02 Å². The molecule has 114 valence electrons. The summed E-state index contributed by atoms with van der Waals surface area (Å²) in [5.74, 6) is 0.788. The van der Waals surface area contributed by atoms with Gasteiger partial charge in [0, 0.05) is 30.2 Å². The summed E-state index contributed by atoms with van der Waals surface area (Å²) in [6, 6.07) is 9.79. The summed E-state index contributed by atoms with van der Waals surface area (Å²) in [6.45, 7) is 4.06. The molecule has 2 aromatic rings. The maximum Gasteiger partial charge on any atom is 0.121 e. The van der Waals surface area contributed by atoms with E-state index in [1.807, 2.05) is 50.0 Å². The van der Waals surface area contributed by atoms with Crippen LogP contribution in [-0.2, 0) is 13.5 Å². The number of benzene rings is 1. The van der Waals surface area contributed by atoms with Crippen molar-refractivity contribution >= 4 is 11.6 Å². The smallest absolute Gasteiger partial charge is 0.121 e. The van der Waals surface area contributed by atoms with E-state index < -0.39 is 0 Å². The van der Waals surface area contributed by atoms with Crippen LogP contribution < -0.4 is 10.1 Å². The Morgan fingerprint density at radius 2 is 2.14 bits per heavy atom. The number of hydrogen-bond donors (Lipinski definition) is 1. The Morgan fingerprint density at radius 1 is 1.38 bits per heavy atom. The first-order chi connectivity index (χ1) is 9.99. The van der Waals surface area contributed by atoms with E-state index in [4.69, 9.17) is 16.3 Å². The maximum absolute atomic E-state index is 5.99. The molecule has 0 radical (unpaired) electrons. The van der Waals surface area contributed by atoms with Gasteiger partial charge in [0.25, 0.3) is 0 Å². The highest BCUT2D eigenvalue weighted by molar-refractivity contribution is 6.30. The predicted octanol–water partition coefficient (Wildman–Crippen LogP) is 2.98. The van der Waals surface area contributed by atoms with Crippen LogP contribution >= 0.6 is 11.6 Å². The van der Waals surface area contributed by atoms with Crippen LogP contribution in [0.15, 0.2) is 30.3 Å².